The smallest absolute Gasteiger partial charge is 0.314 e. The molecule has 0 aromatic heterocycles. The summed E-state index contributed by atoms with van der Waals surface area (Å²) in [6.45, 7) is 0. The number of rotatable bonds is 5. The van der Waals surface area contributed by atoms with Gasteiger partial charge in [-0.15, -0.1) is 0 Å². The molecular formula is C4H11FNO3PSi. The lowest BCUT2D eigenvalue weighted by Gasteiger charge is -2.22. The lowest BCUT2D eigenvalue weighted by atomic mass is 11.2. The van der Waals surface area contributed by atoms with E-state index in [9.17, 15) is 8.67 Å². The minimum absolute atomic E-state index is 0.0684. The van der Waals surface area contributed by atoms with Crippen molar-refractivity contribution < 1.29 is 17.7 Å². The van der Waals surface area contributed by atoms with Gasteiger partial charge in [0.05, 0.1) is 0 Å². The summed E-state index contributed by atoms with van der Waals surface area (Å²) in [7, 11) is 0.0414. The zero-order valence-electron chi connectivity index (χ0n) is 6.70. The largest absolute Gasteiger partial charge is 0.407 e. The second-order valence-electron chi connectivity index (χ2n) is 1.78. The molecule has 0 aromatic carbocycles. The highest BCUT2D eigenvalue weighted by molar-refractivity contribution is 7.51. The fraction of sp³-hybridized carbons (Fsp3) is 1.00. The number of hydrogen-bond acceptors (Lipinski definition) is 3. The van der Waals surface area contributed by atoms with Crippen LogP contribution in [0, 0.1) is 0 Å². The van der Waals surface area contributed by atoms with Gasteiger partial charge in [-0.2, -0.15) is 0 Å². The topological polar surface area (TPSA) is 38.8 Å². The summed E-state index contributed by atoms with van der Waals surface area (Å²) >= 11 is 0. The molecule has 0 aliphatic rings. The highest BCUT2D eigenvalue weighted by atomic mass is 31.2. The summed E-state index contributed by atoms with van der Waals surface area (Å²) in [5, 5.41) is 0. The molecule has 0 bridgehead atoms. The second-order valence-corrected chi connectivity index (χ2v) is 4.72. The van der Waals surface area contributed by atoms with E-state index in [2.05, 4.69) is 9.05 Å². The predicted octanol–water partition coefficient (Wildman–Crippen LogP) is 0.865. The fourth-order valence-corrected chi connectivity index (χ4v) is 2.26. The van der Waals surface area contributed by atoms with Crippen LogP contribution in [0.4, 0.5) is 4.11 Å². The molecule has 2 radical (unpaired) electrons. The van der Waals surface area contributed by atoms with Gasteiger partial charge in [0.1, 0.15) is 0 Å². The van der Waals surface area contributed by atoms with E-state index in [1.807, 2.05) is 0 Å². The molecule has 66 valence electrons. The maximum Gasteiger partial charge on any atom is 0.407 e. The molecule has 7 heteroatoms. The van der Waals surface area contributed by atoms with E-state index in [0.717, 1.165) is 0 Å². The van der Waals surface area contributed by atoms with Gasteiger partial charge in [0.15, 0.2) is 0 Å². The van der Waals surface area contributed by atoms with Crippen molar-refractivity contribution in [3.63, 3.8) is 0 Å². The molecule has 0 aliphatic heterocycles. The highest BCUT2D eigenvalue weighted by Crippen LogP contribution is 2.48. The SMILES string of the molecule is COP(=O)(OC)N(C)C[Si]F. The Hall–Kier alpha value is 0.257. The Kier molecular flexibility index (Phi) is 5.12. The van der Waals surface area contributed by atoms with Crippen LogP contribution in [0.5, 0.6) is 0 Å². The third-order valence-electron chi connectivity index (χ3n) is 1.17. The first kappa shape index (κ1) is 11.3. The van der Waals surface area contributed by atoms with Gasteiger partial charge < -0.3 is 4.11 Å². The van der Waals surface area contributed by atoms with Crippen molar-refractivity contribution in [1.29, 1.82) is 0 Å². The van der Waals surface area contributed by atoms with E-state index in [0.29, 0.717) is 0 Å². The Morgan fingerprint density at radius 3 is 2.27 bits per heavy atom. The molecule has 0 saturated heterocycles. The lowest BCUT2D eigenvalue weighted by molar-refractivity contribution is 0.228. The Balaban J connectivity index is 4.13. The van der Waals surface area contributed by atoms with Crippen molar-refractivity contribution in [2.45, 2.75) is 0 Å². The van der Waals surface area contributed by atoms with Crippen LogP contribution in [-0.4, -0.2) is 42.0 Å². The van der Waals surface area contributed by atoms with Gasteiger partial charge >= 0.3 is 17.6 Å². The summed E-state index contributed by atoms with van der Waals surface area (Å²) in [6, 6.07) is 0. The van der Waals surface area contributed by atoms with Crippen LogP contribution >= 0.6 is 7.75 Å². The van der Waals surface area contributed by atoms with Gasteiger partial charge in [0.25, 0.3) is 0 Å². The monoisotopic (exact) mass is 199 g/mol. The van der Waals surface area contributed by atoms with E-state index in [1.54, 1.807) is 0 Å². The molecule has 0 heterocycles. The maximum atomic E-state index is 11.8. The summed E-state index contributed by atoms with van der Waals surface area (Å²) in [5.41, 5.74) is 0. The average molecular weight is 199 g/mol. The van der Waals surface area contributed by atoms with Crippen molar-refractivity contribution in [3.8, 4) is 0 Å². The van der Waals surface area contributed by atoms with E-state index in [1.165, 1.54) is 25.9 Å². The molecular weight excluding hydrogens is 188 g/mol. The van der Waals surface area contributed by atoms with Gasteiger partial charge in [0.2, 0.25) is 0 Å². The number of halogens is 1. The van der Waals surface area contributed by atoms with Crippen LogP contribution in [0.3, 0.4) is 0 Å². The summed E-state index contributed by atoms with van der Waals surface area (Å²) in [6.07, 6.45) is 0.0684. The molecule has 4 nitrogen and oxygen atoms in total. The number of nitrogens with zero attached hydrogens (tertiary/aromatic N) is 1. The predicted molar refractivity (Wildman–Crippen MR) is 41.1 cm³/mol. The molecule has 0 rings (SSSR count). The van der Waals surface area contributed by atoms with E-state index in [-0.39, 0.29) is 6.17 Å². The molecule has 0 N–H and O–H groups in total. The lowest BCUT2D eigenvalue weighted by Crippen LogP contribution is -2.20. The van der Waals surface area contributed by atoms with E-state index in [4.69, 9.17) is 0 Å². The van der Waals surface area contributed by atoms with Gasteiger partial charge in [-0.3, -0.25) is 9.05 Å². The fourth-order valence-electron chi connectivity index (χ4n) is 0.526. The van der Waals surface area contributed by atoms with Crippen molar-refractivity contribution in [2.24, 2.45) is 0 Å². The van der Waals surface area contributed by atoms with Crippen molar-refractivity contribution in [1.82, 2.24) is 4.67 Å². The molecule has 0 aromatic rings. The zero-order chi connectivity index (χ0) is 8.91. The van der Waals surface area contributed by atoms with Crippen LogP contribution in [0.25, 0.3) is 0 Å². The molecule has 0 unspecified atom stereocenters. The Bertz CT molecular complexity index is 150. The first-order chi connectivity index (χ1) is 5.10. The third-order valence-corrected chi connectivity index (χ3v) is 3.93. The van der Waals surface area contributed by atoms with Crippen LogP contribution in [0.1, 0.15) is 0 Å². The zero-order valence-corrected chi connectivity index (χ0v) is 8.60. The standard InChI is InChI=1S/C4H11FNO3PSi/c1-6(4-11-5)10(7,8-2)9-3/h4H2,1-3H3. The molecule has 0 amide bonds. The minimum Gasteiger partial charge on any atom is -0.314 e. The Morgan fingerprint density at radius 1 is 1.55 bits per heavy atom. The van der Waals surface area contributed by atoms with Crippen LogP contribution < -0.4 is 0 Å². The summed E-state index contributed by atoms with van der Waals surface area (Å²) in [4.78, 5) is 0. The minimum atomic E-state index is -3.19. The first-order valence-corrected chi connectivity index (χ1v) is 5.45. The molecule has 11 heavy (non-hydrogen) atoms. The first-order valence-electron chi connectivity index (χ1n) is 2.87. The molecule has 0 atom stereocenters. The summed E-state index contributed by atoms with van der Waals surface area (Å²) in [5.74, 6) is 0. The van der Waals surface area contributed by atoms with Crippen LogP contribution in [0.2, 0.25) is 0 Å². The summed E-state index contributed by atoms with van der Waals surface area (Å²) < 4.78 is 33.6. The second kappa shape index (κ2) is 5.00. The van der Waals surface area contributed by atoms with Gasteiger partial charge in [0, 0.05) is 20.4 Å². The average Bonchev–Trinajstić information content (AvgIpc) is 2.03. The van der Waals surface area contributed by atoms with Gasteiger partial charge in [-0.1, -0.05) is 0 Å². The van der Waals surface area contributed by atoms with Crippen LogP contribution in [0.15, 0.2) is 0 Å². The third kappa shape index (κ3) is 3.00. The quantitative estimate of drug-likeness (QED) is 0.374. The van der Waals surface area contributed by atoms with E-state index >= 15 is 0 Å². The maximum absolute atomic E-state index is 11.8. The van der Waals surface area contributed by atoms with Crippen molar-refractivity contribution in [3.05, 3.63) is 0 Å². The molecule has 0 spiro atoms. The van der Waals surface area contributed by atoms with E-state index < -0.39 is 17.6 Å². The van der Waals surface area contributed by atoms with Gasteiger partial charge in [-0.25, -0.2) is 9.24 Å². The normalized spacial score (nSPS) is 12.5. The Labute approximate surface area is 68.3 Å². The molecule has 0 saturated carbocycles. The Morgan fingerprint density at radius 2 is 2.00 bits per heavy atom. The van der Waals surface area contributed by atoms with Gasteiger partial charge in [-0.05, 0) is 7.05 Å². The highest BCUT2D eigenvalue weighted by Gasteiger charge is 2.27. The van der Waals surface area contributed by atoms with Crippen molar-refractivity contribution in [2.75, 3.05) is 27.4 Å². The molecule has 0 aliphatic carbocycles. The molecule has 0 fully saturated rings. The number of hydrogen-bond donors (Lipinski definition) is 0. The van der Waals surface area contributed by atoms with Crippen molar-refractivity contribution >= 4 is 17.6 Å². The van der Waals surface area contributed by atoms with Crippen LogP contribution in [-0.2, 0) is 13.6 Å².